The topological polar surface area (TPSA) is 92.7 Å². The quantitative estimate of drug-likeness (QED) is 0.874. The molecule has 0 bridgehead atoms. The second-order valence-electron chi connectivity index (χ2n) is 5.02. The molecule has 0 heterocycles. The molecule has 0 aliphatic rings. The van der Waals surface area contributed by atoms with Crippen molar-refractivity contribution in [3.63, 3.8) is 0 Å². The first-order valence-corrected chi connectivity index (χ1v) is 7.00. The van der Waals surface area contributed by atoms with Crippen LogP contribution in [0.4, 0.5) is 0 Å². The zero-order valence-electron chi connectivity index (χ0n) is 11.2. The average molecular weight is 287 g/mol. The number of carboxylic acids is 1. The molecule has 1 rings (SSSR count). The standard InChI is InChI=1S/C12H17NO5S/c1-12(2,3)13-19(16,17)10-6-5-8(18-4)7-9(10)11(14)15/h5-7,13H,1-4H3,(H,14,15). The third-order valence-corrected chi connectivity index (χ3v) is 3.96. The molecule has 6 nitrogen and oxygen atoms in total. The van der Waals surface area contributed by atoms with E-state index in [1.807, 2.05) is 0 Å². The minimum atomic E-state index is -3.91. The molecule has 106 valence electrons. The predicted octanol–water partition coefficient (Wildman–Crippen LogP) is 1.47. The summed E-state index contributed by atoms with van der Waals surface area (Å²) in [6, 6.07) is 3.81. The molecule has 2 N–H and O–H groups in total. The Balaban J connectivity index is 3.38. The van der Waals surface area contributed by atoms with Crippen LogP contribution < -0.4 is 9.46 Å². The molecule has 0 aliphatic carbocycles. The SMILES string of the molecule is COc1ccc(S(=O)(=O)NC(C)(C)C)c(C(=O)O)c1. The zero-order chi connectivity index (χ0) is 14.8. The van der Waals surface area contributed by atoms with Crippen LogP contribution in [0.25, 0.3) is 0 Å². The van der Waals surface area contributed by atoms with Gasteiger partial charge in [0.15, 0.2) is 0 Å². The van der Waals surface area contributed by atoms with E-state index in [1.165, 1.54) is 25.3 Å². The second-order valence-corrected chi connectivity index (χ2v) is 6.67. The van der Waals surface area contributed by atoms with Crippen LogP contribution in [0.2, 0.25) is 0 Å². The van der Waals surface area contributed by atoms with Crippen LogP contribution in [0, 0.1) is 0 Å². The lowest BCUT2D eigenvalue weighted by atomic mass is 10.1. The Labute approximate surface area is 112 Å². The van der Waals surface area contributed by atoms with Crippen molar-refractivity contribution in [2.24, 2.45) is 0 Å². The highest BCUT2D eigenvalue weighted by Crippen LogP contribution is 2.23. The van der Waals surface area contributed by atoms with Gasteiger partial charge in [-0.1, -0.05) is 0 Å². The molecule has 0 amide bonds. The van der Waals surface area contributed by atoms with Crippen LogP contribution in [0.5, 0.6) is 5.75 Å². The smallest absolute Gasteiger partial charge is 0.337 e. The van der Waals surface area contributed by atoms with Crippen molar-refractivity contribution in [1.82, 2.24) is 4.72 Å². The number of sulfonamides is 1. The van der Waals surface area contributed by atoms with Crippen LogP contribution in [0.3, 0.4) is 0 Å². The second kappa shape index (κ2) is 5.18. The number of carboxylic acid groups (broad SMARTS) is 1. The van der Waals surface area contributed by atoms with Gasteiger partial charge in [-0.2, -0.15) is 0 Å². The van der Waals surface area contributed by atoms with Crippen LogP contribution in [0.15, 0.2) is 23.1 Å². The summed E-state index contributed by atoms with van der Waals surface area (Å²) in [7, 11) is -2.53. The number of benzene rings is 1. The highest BCUT2D eigenvalue weighted by molar-refractivity contribution is 7.89. The van der Waals surface area contributed by atoms with E-state index in [9.17, 15) is 13.2 Å². The van der Waals surface area contributed by atoms with E-state index in [-0.39, 0.29) is 16.2 Å². The van der Waals surface area contributed by atoms with Gasteiger partial charge in [0.05, 0.1) is 17.6 Å². The Kier molecular flexibility index (Phi) is 4.21. The highest BCUT2D eigenvalue weighted by atomic mass is 32.2. The number of nitrogens with one attached hydrogen (secondary N) is 1. The van der Waals surface area contributed by atoms with Crippen molar-refractivity contribution in [3.05, 3.63) is 23.8 Å². The fraction of sp³-hybridized carbons (Fsp3) is 0.417. The molecule has 0 saturated carbocycles. The number of hydrogen-bond donors (Lipinski definition) is 2. The van der Waals surface area contributed by atoms with E-state index in [0.29, 0.717) is 0 Å². The van der Waals surface area contributed by atoms with Crippen molar-refractivity contribution in [2.45, 2.75) is 31.2 Å². The lowest BCUT2D eigenvalue weighted by Crippen LogP contribution is -2.41. The molecule has 7 heteroatoms. The number of hydrogen-bond acceptors (Lipinski definition) is 4. The van der Waals surface area contributed by atoms with Crippen LogP contribution in [-0.4, -0.2) is 32.1 Å². The summed E-state index contributed by atoms with van der Waals surface area (Å²) in [4.78, 5) is 10.9. The van der Waals surface area contributed by atoms with Crippen LogP contribution in [0.1, 0.15) is 31.1 Å². The Morgan fingerprint density at radius 1 is 1.32 bits per heavy atom. The van der Waals surface area contributed by atoms with E-state index in [4.69, 9.17) is 9.84 Å². The van der Waals surface area contributed by atoms with Gasteiger partial charge in [-0.25, -0.2) is 17.9 Å². The summed E-state index contributed by atoms with van der Waals surface area (Å²) in [5, 5.41) is 9.10. The van der Waals surface area contributed by atoms with Gasteiger partial charge < -0.3 is 9.84 Å². The number of ether oxygens (including phenoxy) is 1. The summed E-state index contributed by atoms with van der Waals surface area (Å²) < 4.78 is 31.6. The van der Waals surface area contributed by atoms with Gasteiger partial charge in [0, 0.05) is 5.54 Å². The highest BCUT2D eigenvalue weighted by Gasteiger charge is 2.27. The van der Waals surface area contributed by atoms with E-state index < -0.39 is 21.5 Å². The van der Waals surface area contributed by atoms with E-state index in [1.54, 1.807) is 20.8 Å². The summed E-state index contributed by atoms with van der Waals surface area (Å²) in [5.41, 5.74) is -1.02. The molecule has 0 saturated heterocycles. The Morgan fingerprint density at radius 2 is 1.89 bits per heavy atom. The minimum Gasteiger partial charge on any atom is -0.497 e. The third kappa shape index (κ3) is 3.93. The molecule has 0 unspecified atom stereocenters. The van der Waals surface area contributed by atoms with Crippen molar-refractivity contribution >= 4 is 16.0 Å². The largest absolute Gasteiger partial charge is 0.497 e. The summed E-state index contributed by atoms with van der Waals surface area (Å²) in [6.07, 6.45) is 0. The van der Waals surface area contributed by atoms with Gasteiger partial charge in [0.1, 0.15) is 5.75 Å². The lowest BCUT2D eigenvalue weighted by Gasteiger charge is -2.21. The summed E-state index contributed by atoms with van der Waals surface area (Å²) >= 11 is 0. The molecule has 0 fully saturated rings. The number of aromatic carboxylic acids is 1. The molecule has 0 spiro atoms. The van der Waals surface area contributed by atoms with Gasteiger partial charge >= 0.3 is 5.97 Å². The van der Waals surface area contributed by atoms with E-state index >= 15 is 0 Å². The lowest BCUT2D eigenvalue weighted by molar-refractivity contribution is 0.0692. The van der Waals surface area contributed by atoms with E-state index in [2.05, 4.69) is 4.72 Å². The maximum Gasteiger partial charge on any atom is 0.337 e. The number of rotatable bonds is 4. The molecule has 0 atom stereocenters. The maximum absolute atomic E-state index is 12.2. The molecule has 0 radical (unpaired) electrons. The van der Waals surface area contributed by atoms with Crippen molar-refractivity contribution in [3.8, 4) is 5.75 Å². The fourth-order valence-corrected chi connectivity index (χ4v) is 3.09. The number of methoxy groups -OCH3 is 1. The Morgan fingerprint density at radius 3 is 2.32 bits per heavy atom. The molecular formula is C12H17NO5S. The number of carbonyl (C=O) groups is 1. The van der Waals surface area contributed by atoms with Gasteiger partial charge in [0.25, 0.3) is 0 Å². The van der Waals surface area contributed by atoms with Crippen molar-refractivity contribution in [2.75, 3.05) is 7.11 Å². The third-order valence-electron chi connectivity index (χ3n) is 2.15. The molecule has 0 aliphatic heterocycles. The van der Waals surface area contributed by atoms with E-state index in [0.717, 1.165) is 0 Å². The monoisotopic (exact) mass is 287 g/mol. The van der Waals surface area contributed by atoms with Gasteiger partial charge in [-0.3, -0.25) is 0 Å². The zero-order valence-corrected chi connectivity index (χ0v) is 12.0. The first-order chi connectivity index (χ1) is 8.57. The van der Waals surface area contributed by atoms with Crippen molar-refractivity contribution < 1.29 is 23.1 Å². The van der Waals surface area contributed by atoms with Gasteiger partial charge in [-0.15, -0.1) is 0 Å². The first-order valence-electron chi connectivity index (χ1n) is 5.52. The van der Waals surface area contributed by atoms with Crippen LogP contribution in [-0.2, 0) is 10.0 Å². The summed E-state index contributed by atoms with van der Waals surface area (Å²) in [6.45, 7) is 5.03. The van der Waals surface area contributed by atoms with Crippen LogP contribution >= 0.6 is 0 Å². The first kappa shape index (κ1) is 15.5. The van der Waals surface area contributed by atoms with Crippen molar-refractivity contribution in [1.29, 1.82) is 0 Å². The minimum absolute atomic E-state index is 0.282. The molecular weight excluding hydrogens is 270 g/mol. The van der Waals surface area contributed by atoms with Gasteiger partial charge in [-0.05, 0) is 39.0 Å². The molecule has 1 aromatic carbocycles. The Hall–Kier alpha value is -1.60. The molecule has 1 aromatic rings. The normalized spacial score (nSPS) is 12.2. The molecule has 0 aromatic heterocycles. The molecule has 19 heavy (non-hydrogen) atoms. The average Bonchev–Trinajstić information content (AvgIpc) is 2.24. The maximum atomic E-state index is 12.2. The van der Waals surface area contributed by atoms with Gasteiger partial charge in [0.2, 0.25) is 10.0 Å². The summed E-state index contributed by atoms with van der Waals surface area (Å²) in [5.74, 6) is -1.04. The fourth-order valence-electron chi connectivity index (χ4n) is 1.50. The predicted molar refractivity (Wildman–Crippen MR) is 70.0 cm³/mol. The Bertz CT molecular complexity index is 587.